The Morgan fingerprint density at radius 2 is 0.677 bits per heavy atom. The van der Waals surface area contributed by atoms with Crippen molar-refractivity contribution < 1.29 is 18.9 Å². The molecule has 0 saturated heterocycles. The maximum absolute atomic E-state index is 10.3. The Kier molecular flexibility index (Phi) is 24.8. The minimum atomic E-state index is -4.76. The molecule has 0 amide bonds. The maximum atomic E-state index is 10.3. The van der Waals surface area contributed by atoms with Crippen LogP contribution in [0.3, 0.4) is 0 Å². The van der Waals surface area contributed by atoms with Crippen molar-refractivity contribution in [2.75, 3.05) is 6.61 Å². The third-order valence-corrected chi connectivity index (χ3v) is 6.75. The van der Waals surface area contributed by atoms with Gasteiger partial charge in [0.05, 0.1) is 14.4 Å². The molecular weight excluding hydrogens is 407 g/mol. The summed E-state index contributed by atoms with van der Waals surface area (Å²) in [6.45, 7) is 2.33. The predicted octanol–water partition coefficient (Wildman–Crippen LogP) is 8.21. The second-order valence-corrected chi connectivity index (χ2v) is 10.6. The molecule has 0 aliphatic rings. The van der Waals surface area contributed by atoms with Crippen LogP contribution < -0.4 is 9.79 Å². The van der Waals surface area contributed by atoms with Crippen molar-refractivity contribution >= 4 is 7.82 Å². The van der Waals surface area contributed by atoms with Crippen LogP contribution in [0, 0.1) is 0 Å². The molecule has 0 aromatic rings. The van der Waals surface area contributed by atoms with Crippen molar-refractivity contribution in [3.8, 4) is 0 Å². The van der Waals surface area contributed by atoms with Gasteiger partial charge in [-0.05, 0) is 6.42 Å². The zero-order valence-corrected chi connectivity index (χ0v) is 21.7. The minimum Gasteiger partial charge on any atom is -0.790 e. The van der Waals surface area contributed by atoms with E-state index >= 15 is 0 Å². The molecule has 31 heavy (non-hydrogen) atoms. The monoisotopic (exact) mass is 460 g/mol. The van der Waals surface area contributed by atoms with E-state index < -0.39 is 7.82 Å². The van der Waals surface area contributed by atoms with Crippen LogP contribution in [-0.4, -0.2) is 6.61 Å². The quantitative estimate of drug-likeness (QED) is 0.0962. The Morgan fingerprint density at radius 3 is 0.903 bits per heavy atom. The molecule has 0 atom stereocenters. The zero-order valence-electron chi connectivity index (χ0n) is 20.8. The van der Waals surface area contributed by atoms with E-state index in [9.17, 15) is 14.4 Å². The van der Waals surface area contributed by atoms with E-state index in [-0.39, 0.29) is 6.61 Å². The highest BCUT2D eigenvalue weighted by atomic mass is 31.2. The Bertz CT molecular complexity index is 384. The minimum absolute atomic E-state index is 0.0452. The number of hydrogen-bond donors (Lipinski definition) is 0. The summed E-state index contributed by atoms with van der Waals surface area (Å²) in [5.74, 6) is 0. The van der Waals surface area contributed by atoms with Crippen LogP contribution in [0.15, 0.2) is 0 Å². The summed E-state index contributed by atoms with van der Waals surface area (Å²) >= 11 is 0. The van der Waals surface area contributed by atoms with Crippen LogP contribution in [0.1, 0.15) is 161 Å². The van der Waals surface area contributed by atoms with Crippen molar-refractivity contribution in [3.05, 3.63) is 0 Å². The van der Waals surface area contributed by atoms with E-state index in [2.05, 4.69) is 11.4 Å². The van der Waals surface area contributed by atoms with Gasteiger partial charge in [-0.3, -0.25) is 0 Å². The van der Waals surface area contributed by atoms with Crippen LogP contribution in [-0.2, 0) is 9.09 Å². The highest BCUT2D eigenvalue weighted by Crippen LogP contribution is 2.24. The van der Waals surface area contributed by atoms with Gasteiger partial charge >= 0.3 is 0 Å². The number of rotatable bonds is 26. The number of phosphoric acid groups is 1. The van der Waals surface area contributed by atoms with Gasteiger partial charge < -0.3 is 18.9 Å². The van der Waals surface area contributed by atoms with Gasteiger partial charge in [0.2, 0.25) is 0 Å². The lowest BCUT2D eigenvalue weighted by atomic mass is 10.0. The van der Waals surface area contributed by atoms with Gasteiger partial charge in [-0.15, -0.1) is 0 Å². The van der Waals surface area contributed by atoms with E-state index in [4.69, 9.17) is 0 Å². The van der Waals surface area contributed by atoms with E-state index in [1.807, 2.05) is 0 Å². The van der Waals surface area contributed by atoms with Crippen molar-refractivity contribution in [3.63, 3.8) is 0 Å². The summed E-state index contributed by atoms with van der Waals surface area (Å²) in [5, 5.41) is 0. The fraction of sp³-hybridized carbons (Fsp3) is 1.00. The van der Waals surface area contributed by atoms with Crippen molar-refractivity contribution in [2.45, 2.75) is 161 Å². The third-order valence-electron chi connectivity index (χ3n) is 6.25. The second kappa shape index (κ2) is 24.7. The number of unbranched alkanes of at least 4 members (excludes halogenated alkanes) is 23. The normalized spacial score (nSPS) is 12.0. The standard InChI is InChI=1S/C26H55O4P/c1-2-3-4-5-6-7-8-9-10-11-12-13-14-15-16-17-18-19-20-21-22-23-24-25-26-30-31(27,28)29/h2-26H2,1H3,(H2,27,28,29)/p-2. The molecule has 0 heterocycles. The summed E-state index contributed by atoms with van der Waals surface area (Å²) in [6, 6.07) is 0. The largest absolute Gasteiger partial charge is 0.790 e. The smallest absolute Gasteiger partial charge is 0.0596 e. The van der Waals surface area contributed by atoms with Crippen molar-refractivity contribution in [2.24, 2.45) is 0 Å². The molecular formula is C26H53O4P-2. The van der Waals surface area contributed by atoms with E-state index in [0.717, 1.165) is 12.8 Å². The van der Waals surface area contributed by atoms with Crippen LogP contribution in [0.2, 0.25) is 0 Å². The summed E-state index contributed by atoms with van der Waals surface area (Å²) in [5.41, 5.74) is 0. The predicted molar refractivity (Wildman–Crippen MR) is 130 cm³/mol. The Balaban J connectivity index is 3.03. The Hall–Kier alpha value is 0.110. The summed E-state index contributed by atoms with van der Waals surface area (Å²) in [7, 11) is -4.76. The van der Waals surface area contributed by atoms with Crippen LogP contribution in [0.4, 0.5) is 0 Å². The van der Waals surface area contributed by atoms with Gasteiger partial charge in [-0.2, -0.15) is 0 Å². The lowest BCUT2D eigenvalue weighted by Gasteiger charge is -2.28. The number of phosphoric ester groups is 1. The first-order chi connectivity index (χ1) is 15.1. The summed E-state index contributed by atoms with van der Waals surface area (Å²) in [6.07, 6.45) is 32.1. The molecule has 0 bridgehead atoms. The Morgan fingerprint density at radius 1 is 0.452 bits per heavy atom. The highest BCUT2D eigenvalue weighted by Gasteiger charge is 1.96. The first-order valence-corrected chi connectivity index (χ1v) is 15.2. The molecule has 0 saturated carbocycles. The second-order valence-electron chi connectivity index (χ2n) is 9.41. The molecule has 0 aliphatic heterocycles. The summed E-state index contributed by atoms with van der Waals surface area (Å²) < 4.78 is 14.5. The molecule has 0 rings (SSSR count). The van der Waals surface area contributed by atoms with Crippen molar-refractivity contribution in [1.29, 1.82) is 0 Å². The van der Waals surface area contributed by atoms with E-state index in [1.165, 1.54) is 135 Å². The molecule has 4 nitrogen and oxygen atoms in total. The van der Waals surface area contributed by atoms with Gasteiger partial charge in [0.15, 0.2) is 0 Å². The average Bonchev–Trinajstić information content (AvgIpc) is 2.73. The third kappa shape index (κ3) is 30.1. The fourth-order valence-electron chi connectivity index (χ4n) is 4.24. The van der Waals surface area contributed by atoms with Gasteiger partial charge in [0.1, 0.15) is 0 Å². The van der Waals surface area contributed by atoms with Gasteiger partial charge in [0, 0.05) is 0 Å². The van der Waals surface area contributed by atoms with Crippen molar-refractivity contribution in [1.82, 2.24) is 0 Å². The molecule has 188 valence electrons. The van der Waals surface area contributed by atoms with Gasteiger partial charge in [-0.1, -0.05) is 155 Å². The fourth-order valence-corrected chi connectivity index (χ4v) is 4.59. The molecule has 0 spiro atoms. The molecule has 0 unspecified atom stereocenters. The van der Waals surface area contributed by atoms with E-state index in [0.29, 0.717) is 6.42 Å². The molecule has 0 fully saturated rings. The molecule has 5 heteroatoms. The zero-order chi connectivity index (χ0) is 22.9. The molecule has 0 aromatic carbocycles. The SMILES string of the molecule is CCCCCCCCCCCCCCCCCCCCCCCCCCOP(=O)([O-])[O-]. The molecule has 0 aliphatic carbocycles. The van der Waals surface area contributed by atoms with Gasteiger partial charge in [0.25, 0.3) is 0 Å². The van der Waals surface area contributed by atoms with E-state index in [1.54, 1.807) is 0 Å². The highest BCUT2D eigenvalue weighted by molar-refractivity contribution is 7.43. The summed E-state index contributed by atoms with van der Waals surface area (Å²) in [4.78, 5) is 20.6. The lowest BCUT2D eigenvalue weighted by Crippen LogP contribution is -2.16. The van der Waals surface area contributed by atoms with Crippen LogP contribution in [0.5, 0.6) is 0 Å². The first-order valence-electron chi connectivity index (χ1n) is 13.7. The lowest BCUT2D eigenvalue weighted by molar-refractivity contribution is -0.341. The molecule has 0 radical (unpaired) electrons. The maximum Gasteiger partial charge on any atom is 0.0596 e. The van der Waals surface area contributed by atoms with Gasteiger partial charge in [-0.25, -0.2) is 0 Å². The average molecular weight is 461 g/mol. The molecule has 0 aromatic heterocycles. The molecule has 0 N–H and O–H groups in total. The topological polar surface area (TPSA) is 72.4 Å². The van der Waals surface area contributed by atoms with Crippen LogP contribution in [0.25, 0.3) is 0 Å². The van der Waals surface area contributed by atoms with Crippen LogP contribution >= 0.6 is 7.82 Å². The number of hydrogen-bond acceptors (Lipinski definition) is 4. The Labute approximate surface area is 194 Å². The first kappa shape index (κ1) is 31.1.